The van der Waals surface area contributed by atoms with Gasteiger partial charge in [-0.3, -0.25) is 0 Å². The second-order valence-electron chi connectivity index (χ2n) is 11.1. The van der Waals surface area contributed by atoms with Gasteiger partial charge in [0.05, 0.1) is 28.0 Å². The fraction of sp³-hybridized carbons (Fsp3) is 0.433. The van der Waals surface area contributed by atoms with Gasteiger partial charge in [0.1, 0.15) is 22.7 Å². The Balaban J connectivity index is 0.000000197. The zero-order chi connectivity index (χ0) is 30.3. The van der Waals surface area contributed by atoms with E-state index in [4.69, 9.17) is 14.4 Å². The molecule has 2 saturated heterocycles. The summed E-state index contributed by atoms with van der Waals surface area (Å²) < 4.78 is 68.5. The van der Waals surface area contributed by atoms with Crippen molar-refractivity contribution in [1.29, 1.82) is 0 Å². The van der Waals surface area contributed by atoms with Crippen molar-refractivity contribution in [3.63, 3.8) is 0 Å². The minimum atomic E-state index is -4.77. The summed E-state index contributed by atoms with van der Waals surface area (Å²) in [6.45, 7) is 2.04. The van der Waals surface area contributed by atoms with Crippen molar-refractivity contribution in [3.05, 3.63) is 64.1 Å². The second kappa shape index (κ2) is 11.9. The molecule has 0 radical (unpaired) electrons. The second-order valence-corrected chi connectivity index (χ2v) is 12.3. The lowest BCUT2D eigenvalue weighted by atomic mass is 10.0. The van der Waals surface area contributed by atoms with Gasteiger partial charge in [-0.25, -0.2) is 14.2 Å². The molecule has 8 nitrogen and oxygen atoms in total. The summed E-state index contributed by atoms with van der Waals surface area (Å²) in [5.41, 5.74) is 1.60. The Bertz CT molecular complexity index is 1620. The average molecular weight is 620 g/mol. The molecule has 2 unspecified atom stereocenters. The van der Waals surface area contributed by atoms with Gasteiger partial charge in [0.2, 0.25) is 0 Å². The first kappa shape index (κ1) is 29.5. The van der Waals surface area contributed by atoms with E-state index in [1.807, 2.05) is 0 Å². The van der Waals surface area contributed by atoms with Crippen molar-refractivity contribution in [1.82, 2.24) is 15.5 Å². The lowest BCUT2D eigenvalue weighted by Crippen LogP contribution is -2.41. The molecule has 2 aromatic heterocycles. The number of hydrogen-bond acceptors (Lipinski definition) is 8. The number of aromatic carboxylic acids is 1. The molecule has 1 saturated carbocycles. The van der Waals surface area contributed by atoms with Crippen LogP contribution in [0.3, 0.4) is 0 Å². The maximum atomic E-state index is 13.3. The molecule has 0 amide bonds. The fourth-order valence-electron chi connectivity index (χ4n) is 5.78. The molecule has 4 heterocycles. The van der Waals surface area contributed by atoms with E-state index in [0.717, 1.165) is 48.1 Å². The first-order chi connectivity index (χ1) is 20.5. The highest BCUT2D eigenvalue weighted by Gasteiger charge is 2.37. The first-order valence-electron chi connectivity index (χ1n) is 14.0. The third-order valence-electron chi connectivity index (χ3n) is 7.83. The topological polar surface area (TPSA) is 107 Å². The number of carboxylic acid groups (broad SMARTS) is 1. The normalized spacial score (nSPS) is 21.5. The Morgan fingerprint density at radius 1 is 1.14 bits per heavy atom. The molecule has 7 rings (SSSR count). The quantitative estimate of drug-likeness (QED) is 0.207. The molecular weight excluding hydrogens is 590 g/mol. The van der Waals surface area contributed by atoms with Gasteiger partial charge in [0, 0.05) is 29.1 Å². The number of para-hydroxylation sites is 1. The summed E-state index contributed by atoms with van der Waals surface area (Å²) >= 11 is 1.28. The number of rotatable bonds is 7. The van der Waals surface area contributed by atoms with Crippen LogP contribution in [0.4, 0.5) is 17.6 Å². The third kappa shape index (κ3) is 6.84. The largest absolute Gasteiger partial charge is 0.573 e. The van der Waals surface area contributed by atoms with Crippen LogP contribution in [0.25, 0.3) is 21.5 Å². The zero-order valence-electron chi connectivity index (χ0n) is 23.1. The number of piperidine rings is 1. The number of ether oxygens (including phenoxy) is 2. The number of aromatic nitrogens is 2. The van der Waals surface area contributed by atoms with Crippen LogP contribution in [0.15, 0.2) is 40.9 Å². The number of carboxylic acids is 1. The van der Waals surface area contributed by atoms with Gasteiger partial charge in [0.25, 0.3) is 0 Å². The van der Waals surface area contributed by atoms with E-state index in [1.165, 1.54) is 42.4 Å². The zero-order valence-corrected chi connectivity index (χ0v) is 23.9. The third-order valence-corrected chi connectivity index (χ3v) is 8.75. The molecule has 228 valence electrons. The summed E-state index contributed by atoms with van der Waals surface area (Å²) in [5.74, 6) is -0.980. The van der Waals surface area contributed by atoms with E-state index in [9.17, 15) is 22.4 Å². The number of halogens is 4. The molecule has 2 bridgehead atoms. The average Bonchev–Trinajstić information content (AvgIpc) is 3.45. The fourth-order valence-corrected chi connectivity index (χ4v) is 6.66. The first-order valence-corrected chi connectivity index (χ1v) is 14.9. The number of nitrogens with zero attached hydrogens (tertiary/aromatic N) is 2. The van der Waals surface area contributed by atoms with Crippen LogP contribution in [-0.4, -0.2) is 45.8 Å². The number of nitrogens with one attached hydrogen (secondary N) is 1. The lowest BCUT2D eigenvalue weighted by molar-refractivity contribution is -0.274. The van der Waals surface area contributed by atoms with Crippen molar-refractivity contribution in [3.8, 4) is 17.0 Å². The summed E-state index contributed by atoms with van der Waals surface area (Å²) in [7, 11) is 0. The van der Waals surface area contributed by atoms with Crippen molar-refractivity contribution >= 4 is 27.5 Å². The number of alkyl halides is 3. The maximum Gasteiger partial charge on any atom is 0.573 e. The Hall–Kier alpha value is -3.55. The van der Waals surface area contributed by atoms with Crippen LogP contribution in [0, 0.1) is 12.7 Å². The van der Waals surface area contributed by atoms with Crippen molar-refractivity contribution in [2.24, 2.45) is 0 Å². The van der Waals surface area contributed by atoms with E-state index < -0.39 is 18.1 Å². The Morgan fingerprint density at radius 2 is 1.86 bits per heavy atom. The van der Waals surface area contributed by atoms with Gasteiger partial charge in [0.15, 0.2) is 5.82 Å². The van der Waals surface area contributed by atoms with Gasteiger partial charge in [-0.2, -0.15) is 0 Å². The van der Waals surface area contributed by atoms with Gasteiger partial charge in [-0.1, -0.05) is 17.3 Å². The van der Waals surface area contributed by atoms with Crippen LogP contribution in [0.2, 0.25) is 0 Å². The molecule has 4 aromatic rings. The van der Waals surface area contributed by atoms with Gasteiger partial charge in [-0.15, -0.1) is 24.5 Å². The van der Waals surface area contributed by atoms with E-state index in [0.29, 0.717) is 22.5 Å². The van der Waals surface area contributed by atoms with Crippen LogP contribution in [-0.2, 0) is 11.3 Å². The highest BCUT2D eigenvalue weighted by atomic mass is 32.1. The standard InChI is InChI=1S/C21H23F3N2O3.C9H6FNO2S/c22-21(23,24)28-18-4-2-1-3-16(18)19-17(20(29-26-19)12-5-6-12)11-27-15-9-13-7-8-14(10-15)25-13;1-4-11-8-6(10)2-5(9(12)13)3-7(8)14-4/h1-4,12-15,25H,5-11H2;2-3H,1H3,(H,12,13). The smallest absolute Gasteiger partial charge is 0.478 e. The minimum Gasteiger partial charge on any atom is -0.478 e. The number of benzene rings is 2. The predicted octanol–water partition coefficient (Wildman–Crippen LogP) is 7.36. The maximum absolute atomic E-state index is 13.3. The van der Waals surface area contributed by atoms with Gasteiger partial charge in [-0.05, 0) is 69.7 Å². The molecule has 0 spiro atoms. The Morgan fingerprint density at radius 3 is 2.53 bits per heavy atom. The molecule has 43 heavy (non-hydrogen) atoms. The minimum absolute atomic E-state index is 0.0429. The molecule has 2 aromatic carbocycles. The van der Waals surface area contributed by atoms with Gasteiger partial charge < -0.3 is 24.4 Å². The molecule has 2 N–H and O–H groups in total. The number of thiazole rings is 1. The highest BCUT2D eigenvalue weighted by Crippen LogP contribution is 2.46. The molecule has 2 aliphatic heterocycles. The summed E-state index contributed by atoms with van der Waals surface area (Å²) in [6, 6.07) is 9.48. The molecule has 3 aliphatic rings. The summed E-state index contributed by atoms with van der Waals surface area (Å²) in [5, 5.41) is 17.1. The molecule has 13 heteroatoms. The van der Waals surface area contributed by atoms with Crippen molar-refractivity contribution < 1.29 is 41.5 Å². The molecular formula is C30H29F4N3O5S. The number of aryl methyl sites for hydroxylation is 1. The van der Waals surface area contributed by atoms with Crippen molar-refractivity contribution in [2.45, 2.75) is 82.5 Å². The Kier molecular flexibility index (Phi) is 8.14. The van der Waals surface area contributed by atoms with E-state index >= 15 is 0 Å². The summed E-state index contributed by atoms with van der Waals surface area (Å²) in [4.78, 5) is 14.6. The summed E-state index contributed by atoms with van der Waals surface area (Å²) in [6.07, 6.45) is 1.65. The lowest BCUT2D eigenvalue weighted by Gasteiger charge is -2.29. The van der Waals surface area contributed by atoms with E-state index in [2.05, 4.69) is 20.2 Å². The number of fused-ring (bicyclic) bond motifs is 3. The molecule has 3 fully saturated rings. The SMILES string of the molecule is Cc1nc2c(F)cc(C(=O)O)cc2s1.FC(F)(F)Oc1ccccc1-c1noc(C2CC2)c1COC1CC2CCC(C1)N2. The molecule has 2 atom stereocenters. The van der Waals surface area contributed by atoms with Crippen LogP contribution >= 0.6 is 11.3 Å². The van der Waals surface area contributed by atoms with Crippen LogP contribution in [0.5, 0.6) is 5.75 Å². The predicted molar refractivity (Wildman–Crippen MR) is 150 cm³/mol. The van der Waals surface area contributed by atoms with Gasteiger partial charge >= 0.3 is 12.3 Å². The Labute approximate surface area is 248 Å². The van der Waals surface area contributed by atoms with Crippen molar-refractivity contribution in [2.75, 3.05) is 0 Å². The van der Waals surface area contributed by atoms with Crippen LogP contribution in [0.1, 0.15) is 71.1 Å². The van der Waals surface area contributed by atoms with E-state index in [1.54, 1.807) is 19.1 Å². The van der Waals surface area contributed by atoms with E-state index in [-0.39, 0.29) is 41.0 Å². The molecule has 1 aliphatic carbocycles. The van der Waals surface area contributed by atoms with Crippen LogP contribution < -0.4 is 10.1 Å². The number of carbonyl (C=O) groups is 1. The number of hydrogen-bond donors (Lipinski definition) is 2. The highest BCUT2D eigenvalue weighted by molar-refractivity contribution is 7.18. The monoisotopic (exact) mass is 619 g/mol.